The van der Waals surface area contributed by atoms with Crippen LogP contribution in [0.4, 0.5) is 5.69 Å². The molecule has 5 nitrogen and oxygen atoms in total. The second kappa shape index (κ2) is 10.2. The molecular formula is C21H34N4OS. The molecule has 1 aromatic rings. The maximum atomic E-state index is 5.51. The largest absolute Gasteiger partial charge is 0.378 e. The van der Waals surface area contributed by atoms with Crippen LogP contribution in [0.3, 0.4) is 0 Å². The van der Waals surface area contributed by atoms with Gasteiger partial charge in [0, 0.05) is 49.4 Å². The van der Waals surface area contributed by atoms with E-state index in [2.05, 4.69) is 71.9 Å². The number of hydrogen-bond acceptors (Lipinski definition) is 4. The van der Waals surface area contributed by atoms with E-state index in [1.54, 1.807) is 0 Å². The van der Waals surface area contributed by atoms with E-state index in [-0.39, 0.29) is 0 Å². The lowest BCUT2D eigenvalue weighted by Crippen LogP contribution is -2.49. The summed E-state index contributed by atoms with van der Waals surface area (Å²) in [5, 5.41) is 4.20. The Balaban J connectivity index is 1.73. The Kier molecular flexibility index (Phi) is 7.70. The molecule has 0 aliphatic carbocycles. The summed E-state index contributed by atoms with van der Waals surface area (Å²) in [5.74, 6) is 2.93. The van der Waals surface area contributed by atoms with Crippen molar-refractivity contribution in [3.63, 3.8) is 0 Å². The third-order valence-electron chi connectivity index (χ3n) is 5.21. The highest BCUT2D eigenvalue weighted by atomic mass is 32.2. The van der Waals surface area contributed by atoms with E-state index in [4.69, 9.17) is 9.73 Å². The molecule has 2 aliphatic heterocycles. The average molecular weight is 391 g/mol. The summed E-state index contributed by atoms with van der Waals surface area (Å²) in [6, 6.07) is 8.67. The lowest BCUT2D eigenvalue weighted by Gasteiger charge is -2.36. The second-order valence-corrected chi connectivity index (χ2v) is 8.84. The molecule has 0 aromatic heterocycles. The molecule has 6 heteroatoms. The summed E-state index contributed by atoms with van der Waals surface area (Å²) >= 11 is 2.10. The van der Waals surface area contributed by atoms with E-state index in [0.717, 1.165) is 51.9 Å². The maximum absolute atomic E-state index is 5.51. The van der Waals surface area contributed by atoms with Crippen LogP contribution in [0.25, 0.3) is 0 Å². The molecule has 3 rings (SSSR count). The van der Waals surface area contributed by atoms with Gasteiger partial charge in [0.05, 0.1) is 19.8 Å². The highest BCUT2D eigenvalue weighted by Gasteiger charge is 2.25. The molecule has 1 N–H and O–H groups in total. The van der Waals surface area contributed by atoms with Crippen LogP contribution in [-0.4, -0.2) is 67.8 Å². The van der Waals surface area contributed by atoms with Gasteiger partial charge in [0.1, 0.15) is 0 Å². The molecule has 0 bridgehead atoms. The minimum Gasteiger partial charge on any atom is -0.378 e. The Bertz CT molecular complexity index is 616. The van der Waals surface area contributed by atoms with Crippen molar-refractivity contribution in [2.24, 2.45) is 10.9 Å². The van der Waals surface area contributed by atoms with E-state index in [0.29, 0.717) is 17.7 Å². The fourth-order valence-electron chi connectivity index (χ4n) is 3.61. The van der Waals surface area contributed by atoms with Crippen molar-refractivity contribution in [2.45, 2.75) is 32.6 Å². The molecule has 2 saturated heterocycles. The van der Waals surface area contributed by atoms with Crippen LogP contribution >= 0.6 is 11.8 Å². The van der Waals surface area contributed by atoms with Gasteiger partial charge in [-0.1, -0.05) is 32.0 Å². The molecule has 1 unspecified atom stereocenters. The van der Waals surface area contributed by atoms with Gasteiger partial charge in [-0.25, -0.2) is 4.99 Å². The van der Waals surface area contributed by atoms with Crippen molar-refractivity contribution in [1.82, 2.24) is 10.2 Å². The van der Waals surface area contributed by atoms with Gasteiger partial charge in [0.25, 0.3) is 0 Å². The quantitative estimate of drug-likeness (QED) is 0.618. The number of anilines is 1. The van der Waals surface area contributed by atoms with E-state index in [1.165, 1.54) is 17.0 Å². The fraction of sp³-hybridized carbons (Fsp3) is 0.667. The summed E-state index contributed by atoms with van der Waals surface area (Å²) in [4.78, 5) is 9.89. The Labute approximate surface area is 168 Å². The van der Waals surface area contributed by atoms with Crippen molar-refractivity contribution in [3.05, 3.63) is 29.8 Å². The van der Waals surface area contributed by atoms with Crippen molar-refractivity contribution >= 4 is 23.4 Å². The van der Waals surface area contributed by atoms with Crippen LogP contribution in [0.2, 0.25) is 0 Å². The second-order valence-electron chi connectivity index (χ2n) is 7.50. The standard InChI is InChI=1S/C21H34N4OS/c1-4-22-21(25-11-14-27-20(16-25)17(2)3)23-15-18-7-5-6-8-19(18)24-9-12-26-13-10-24/h5-8,17,20H,4,9-16H2,1-3H3,(H,22,23). The Morgan fingerprint density at radius 3 is 2.78 bits per heavy atom. The van der Waals surface area contributed by atoms with Gasteiger partial charge in [0.2, 0.25) is 0 Å². The molecule has 27 heavy (non-hydrogen) atoms. The first kappa shape index (κ1) is 20.3. The van der Waals surface area contributed by atoms with Crippen LogP contribution in [0.15, 0.2) is 29.3 Å². The smallest absolute Gasteiger partial charge is 0.194 e. The number of thioether (sulfide) groups is 1. The number of nitrogens with zero attached hydrogens (tertiary/aromatic N) is 3. The summed E-state index contributed by atoms with van der Waals surface area (Å²) < 4.78 is 5.51. The Morgan fingerprint density at radius 2 is 2.04 bits per heavy atom. The predicted molar refractivity (Wildman–Crippen MR) is 117 cm³/mol. The zero-order chi connectivity index (χ0) is 19.1. The SMILES string of the molecule is CCNC(=NCc1ccccc1N1CCOCC1)N1CCSC(C(C)C)C1. The first-order valence-corrected chi connectivity index (χ1v) is 11.3. The van der Waals surface area contributed by atoms with Gasteiger partial charge in [0.15, 0.2) is 5.96 Å². The molecule has 0 spiro atoms. The number of para-hydroxylation sites is 1. The zero-order valence-corrected chi connectivity index (χ0v) is 17.8. The normalized spacial score (nSPS) is 21.6. The molecule has 0 saturated carbocycles. The third kappa shape index (κ3) is 5.55. The Hall–Kier alpha value is -1.40. The maximum Gasteiger partial charge on any atom is 0.194 e. The summed E-state index contributed by atoms with van der Waals surface area (Å²) in [7, 11) is 0. The summed E-state index contributed by atoms with van der Waals surface area (Å²) in [5.41, 5.74) is 2.59. The zero-order valence-electron chi connectivity index (χ0n) is 17.0. The highest BCUT2D eigenvalue weighted by Crippen LogP contribution is 2.26. The van der Waals surface area contributed by atoms with Gasteiger partial charge in [-0.05, 0) is 24.5 Å². The van der Waals surface area contributed by atoms with Crippen LogP contribution in [0.1, 0.15) is 26.3 Å². The molecule has 0 radical (unpaired) electrons. The third-order valence-corrected chi connectivity index (χ3v) is 6.75. The van der Waals surface area contributed by atoms with Gasteiger partial charge >= 0.3 is 0 Å². The van der Waals surface area contributed by atoms with Gasteiger partial charge in [-0.15, -0.1) is 0 Å². The number of ether oxygens (including phenoxy) is 1. The fourth-order valence-corrected chi connectivity index (χ4v) is 4.91. The van der Waals surface area contributed by atoms with E-state index in [1.807, 2.05) is 0 Å². The molecule has 2 aliphatic rings. The van der Waals surface area contributed by atoms with Crippen molar-refractivity contribution < 1.29 is 4.74 Å². The van der Waals surface area contributed by atoms with Crippen molar-refractivity contribution in [3.8, 4) is 0 Å². The monoisotopic (exact) mass is 390 g/mol. The number of guanidine groups is 1. The number of benzene rings is 1. The van der Waals surface area contributed by atoms with Crippen LogP contribution < -0.4 is 10.2 Å². The topological polar surface area (TPSA) is 40.1 Å². The molecule has 2 heterocycles. The van der Waals surface area contributed by atoms with E-state index >= 15 is 0 Å². The minimum atomic E-state index is 0.684. The van der Waals surface area contributed by atoms with E-state index in [9.17, 15) is 0 Å². The lowest BCUT2D eigenvalue weighted by molar-refractivity contribution is 0.122. The van der Waals surface area contributed by atoms with Gasteiger partial charge in [-0.3, -0.25) is 0 Å². The first-order valence-electron chi connectivity index (χ1n) is 10.2. The van der Waals surface area contributed by atoms with Gasteiger partial charge in [-0.2, -0.15) is 11.8 Å². The highest BCUT2D eigenvalue weighted by molar-refractivity contribution is 8.00. The molecular weight excluding hydrogens is 356 g/mol. The van der Waals surface area contributed by atoms with Crippen LogP contribution in [0, 0.1) is 5.92 Å². The number of morpholine rings is 1. The van der Waals surface area contributed by atoms with Gasteiger partial charge < -0.3 is 19.9 Å². The van der Waals surface area contributed by atoms with Crippen LogP contribution in [0.5, 0.6) is 0 Å². The number of nitrogens with one attached hydrogen (secondary N) is 1. The Morgan fingerprint density at radius 1 is 1.26 bits per heavy atom. The van der Waals surface area contributed by atoms with Crippen LogP contribution in [-0.2, 0) is 11.3 Å². The first-order chi connectivity index (χ1) is 13.2. The molecule has 0 amide bonds. The summed E-state index contributed by atoms with van der Waals surface area (Å²) in [6.07, 6.45) is 0. The number of hydrogen-bond donors (Lipinski definition) is 1. The average Bonchev–Trinajstić information content (AvgIpc) is 2.72. The molecule has 1 aromatic carbocycles. The van der Waals surface area contributed by atoms with E-state index < -0.39 is 0 Å². The number of rotatable bonds is 5. The summed E-state index contributed by atoms with van der Waals surface area (Å²) in [6.45, 7) is 14.1. The van der Waals surface area contributed by atoms with Crippen molar-refractivity contribution in [1.29, 1.82) is 0 Å². The minimum absolute atomic E-state index is 0.684. The molecule has 150 valence electrons. The lowest BCUT2D eigenvalue weighted by atomic mass is 10.1. The molecule has 2 fully saturated rings. The van der Waals surface area contributed by atoms with Crippen molar-refractivity contribution in [2.75, 3.05) is 56.6 Å². The number of aliphatic imine (C=N–C) groups is 1. The predicted octanol–water partition coefficient (Wildman–Crippen LogP) is 3.06. The molecule has 1 atom stereocenters.